The van der Waals surface area contributed by atoms with Gasteiger partial charge in [0, 0.05) is 0 Å². The summed E-state index contributed by atoms with van der Waals surface area (Å²) in [6.45, 7) is 0. The van der Waals surface area contributed by atoms with E-state index >= 15 is 0 Å². The molecule has 1 rings (SSSR count). The van der Waals surface area contributed by atoms with E-state index in [2.05, 4.69) is 22.1 Å². The van der Waals surface area contributed by atoms with Crippen molar-refractivity contribution in [2.75, 3.05) is 0 Å². The van der Waals surface area contributed by atoms with Crippen molar-refractivity contribution < 1.29 is 0 Å². The van der Waals surface area contributed by atoms with Crippen LogP contribution in [0.3, 0.4) is 0 Å². The molecule has 0 N–H and O–H groups in total. The second kappa shape index (κ2) is 2.15. The molecule has 0 aliphatic heterocycles. The van der Waals surface area contributed by atoms with Crippen molar-refractivity contribution in [2.24, 2.45) is 0 Å². The summed E-state index contributed by atoms with van der Waals surface area (Å²) < 4.78 is 1.07. The molecule has 7 heavy (non-hydrogen) atoms. The summed E-state index contributed by atoms with van der Waals surface area (Å²) in [5.74, 6) is 0. The molecular formula is C6H4Se. The maximum absolute atomic E-state index is 2.98. The summed E-state index contributed by atoms with van der Waals surface area (Å²) in [7, 11) is 0. The van der Waals surface area contributed by atoms with Gasteiger partial charge in [-0.1, -0.05) is 0 Å². The molecule has 0 unspecified atom stereocenters. The zero-order chi connectivity index (χ0) is 5.11. The van der Waals surface area contributed by atoms with Crippen LogP contribution in [0.5, 0.6) is 0 Å². The van der Waals surface area contributed by atoms with Gasteiger partial charge in [-0.15, -0.1) is 0 Å². The monoisotopic (exact) mass is 156 g/mol. The van der Waals surface area contributed by atoms with E-state index < -0.39 is 0 Å². The van der Waals surface area contributed by atoms with Gasteiger partial charge in [0.15, 0.2) is 0 Å². The van der Waals surface area contributed by atoms with Crippen LogP contribution in [0.25, 0.3) is 0 Å². The average molecular weight is 155 g/mol. The van der Waals surface area contributed by atoms with Crippen LogP contribution >= 0.6 is 0 Å². The van der Waals surface area contributed by atoms with Crippen LogP contribution in [0.4, 0.5) is 0 Å². The van der Waals surface area contributed by atoms with Crippen molar-refractivity contribution in [1.29, 1.82) is 0 Å². The van der Waals surface area contributed by atoms with Crippen molar-refractivity contribution in [1.82, 2.24) is 0 Å². The van der Waals surface area contributed by atoms with Gasteiger partial charge >= 0.3 is 50.8 Å². The first kappa shape index (κ1) is 4.89. The van der Waals surface area contributed by atoms with Gasteiger partial charge in [0.2, 0.25) is 0 Å². The molecule has 0 atom stereocenters. The number of hydrogen-bond acceptors (Lipinski definition) is 0. The summed E-state index contributed by atoms with van der Waals surface area (Å²) in [6, 6.07) is 10.7. The summed E-state index contributed by atoms with van der Waals surface area (Å²) in [4.78, 5) is 0. The molecule has 1 aromatic rings. The zero-order valence-electron chi connectivity index (χ0n) is 3.72. The molecule has 34 valence electrons. The first-order valence-electron chi connectivity index (χ1n) is 2.03. The zero-order valence-corrected chi connectivity index (χ0v) is 5.43. The van der Waals surface area contributed by atoms with Gasteiger partial charge in [0.1, 0.15) is 0 Å². The van der Waals surface area contributed by atoms with Gasteiger partial charge in [-0.05, 0) is 0 Å². The van der Waals surface area contributed by atoms with Gasteiger partial charge < -0.3 is 0 Å². The summed E-state index contributed by atoms with van der Waals surface area (Å²) >= 11 is 2.85. The fourth-order valence-corrected chi connectivity index (χ4v) is 0.684. The molecule has 0 aliphatic rings. The third kappa shape index (κ3) is 1.34. The predicted molar refractivity (Wildman–Crippen MR) is 30.7 cm³/mol. The minimum absolute atomic E-state index is 1.07. The first-order valence-corrected chi connectivity index (χ1v) is 2.89. The van der Waals surface area contributed by atoms with E-state index in [4.69, 9.17) is 0 Å². The van der Waals surface area contributed by atoms with Gasteiger partial charge in [0.25, 0.3) is 0 Å². The summed E-state index contributed by atoms with van der Waals surface area (Å²) in [5.41, 5.74) is 0. The predicted octanol–water partition coefficient (Wildman–Crippen LogP) is 0.281. The molecule has 0 nitrogen and oxygen atoms in total. The number of rotatable bonds is 0. The van der Waals surface area contributed by atoms with Crippen molar-refractivity contribution >= 4 is 20.5 Å². The first-order chi connectivity index (χ1) is 3.39. The molecule has 0 bridgehead atoms. The third-order valence-corrected chi connectivity index (χ3v) is 1.21. The Hall–Kier alpha value is -0.261. The molecule has 0 heterocycles. The summed E-state index contributed by atoms with van der Waals surface area (Å²) in [6.07, 6.45) is 0. The van der Waals surface area contributed by atoms with E-state index in [1.54, 1.807) is 0 Å². The van der Waals surface area contributed by atoms with Gasteiger partial charge in [-0.2, -0.15) is 0 Å². The molecule has 2 radical (unpaired) electrons. The average Bonchev–Trinajstić information content (AvgIpc) is 1.69. The Morgan fingerprint density at radius 3 is 2.57 bits per heavy atom. The molecule has 0 fully saturated rings. The van der Waals surface area contributed by atoms with E-state index in [1.807, 2.05) is 24.3 Å². The Morgan fingerprint density at radius 2 is 2.29 bits per heavy atom. The van der Waals surface area contributed by atoms with Gasteiger partial charge in [-0.3, -0.25) is 0 Å². The van der Waals surface area contributed by atoms with Crippen LogP contribution in [0.2, 0.25) is 0 Å². The minimum atomic E-state index is 1.07. The van der Waals surface area contributed by atoms with Crippen LogP contribution < -0.4 is 4.46 Å². The van der Waals surface area contributed by atoms with Crippen LogP contribution in [-0.4, -0.2) is 16.0 Å². The van der Waals surface area contributed by atoms with Gasteiger partial charge in [0.05, 0.1) is 0 Å². The third-order valence-electron chi connectivity index (χ3n) is 0.681. The van der Waals surface area contributed by atoms with Crippen molar-refractivity contribution in [2.45, 2.75) is 0 Å². The topological polar surface area (TPSA) is 0 Å². The van der Waals surface area contributed by atoms with E-state index in [0.717, 1.165) is 4.46 Å². The number of hydrogen-bond donors (Lipinski definition) is 0. The Morgan fingerprint density at radius 1 is 1.43 bits per heavy atom. The fraction of sp³-hybridized carbons (Fsp3) is 0. The van der Waals surface area contributed by atoms with Crippen LogP contribution in [0.1, 0.15) is 0 Å². The fourth-order valence-electron chi connectivity index (χ4n) is 0.377. The molecule has 1 aromatic carbocycles. The van der Waals surface area contributed by atoms with Crippen LogP contribution in [0.15, 0.2) is 24.3 Å². The van der Waals surface area contributed by atoms with Crippen LogP contribution in [-0.2, 0) is 0 Å². The second-order valence-corrected chi connectivity index (χ2v) is 2.15. The Bertz CT molecular complexity index is 134. The Labute approximate surface area is 51.4 Å². The molecule has 0 aliphatic carbocycles. The molecule has 0 spiro atoms. The molecule has 0 saturated carbocycles. The van der Waals surface area contributed by atoms with E-state index in [0.29, 0.717) is 0 Å². The van der Waals surface area contributed by atoms with Crippen molar-refractivity contribution in [3.8, 4) is 0 Å². The van der Waals surface area contributed by atoms with Crippen molar-refractivity contribution in [3.63, 3.8) is 0 Å². The van der Waals surface area contributed by atoms with E-state index in [1.165, 1.54) is 0 Å². The van der Waals surface area contributed by atoms with Gasteiger partial charge in [-0.25, -0.2) is 0 Å². The quantitative estimate of drug-likeness (QED) is 0.472. The molecule has 0 saturated heterocycles. The van der Waals surface area contributed by atoms with Crippen LogP contribution in [0, 0.1) is 6.07 Å². The molecular weight excluding hydrogens is 151 g/mol. The molecule has 0 aromatic heterocycles. The molecule has 1 heteroatoms. The Balaban J connectivity index is 3.02. The SMILES string of the molecule is [Se]c1[c]cccc1. The Kier molecular flexibility index (Phi) is 1.50. The summed E-state index contributed by atoms with van der Waals surface area (Å²) in [5, 5.41) is 0. The van der Waals surface area contributed by atoms with Crippen molar-refractivity contribution in [3.05, 3.63) is 30.3 Å². The standard InChI is InChI=1S/C6H4Se/c7-6-4-2-1-3-5-6/h1-4H. The van der Waals surface area contributed by atoms with E-state index in [9.17, 15) is 0 Å². The second-order valence-electron chi connectivity index (χ2n) is 1.23. The maximum atomic E-state index is 2.98. The number of benzene rings is 1. The van der Waals surface area contributed by atoms with E-state index in [-0.39, 0.29) is 0 Å². The normalized spacial score (nSPS) is 8.57. The molecule has 0 amide bonds.